The zero-order valence-electron chi connectivity index (χ0n) is 19.7. The Labute approximate surface area is 230 Å². The Bertz CT molecular complexity index is 1050. The number of hydrogen-bond acceptors (Lipinski definition) is 0. The van der Waals surface area contributed by atoms with Crippen molar-refractivity contribution in [3.8, 4) is 22.3 Å². The predicted octanol–water partition coefficient (Wildman–Crippen LogP) is 1.69. The molecule has 0 nitrogen and oxygen atoms in total. The van der Waals surface area contributed by atoms with Crippen molar-refractivity contribution in [2.75, 3.05) is 0 Å². The van der Waals surface area contributed by atoms with Crippen molar-refractivity contribution >= 4 is 11.0 Å². The molecular weight excluding hydrogens is 552 g/mol. The van der Waals surface area contributed by atoms with Gasteiger partial charge in [-0.3, -0.25) is 0 Å². The third kappa shape index (κ3) is 6.90. The first-order valence-electron chi connectivity index (χ1n) is 11.4. The van der Waals surface area contributed by atoms with Crippen LogP contribution in [0.15, 0.2) is 84.9 Å². The van der Waals surface area contributed by atoms with Gasteiger partial charge in [0.1, 0.15) is 0 Å². The van der Waals surface area contributed by atoms with Crippen molar-refractivity contribution in [3.63, 3.8) is 0 Å². The van der Waals surface area contributed by atoms with Gasteiger partial charge >= 0.3 is 52.9 Å². The normalized spacial score (nSPS) is 10.9. The van der Waals surface area contributed by atoms with Gasteiger partial charge in [0.15, 0.2) is 0 Å². The Morgan fingerprint density at radius 3 is 1.38 bits per heavy atom. The van der Waals surface area contributed by atoms with Gasteiger partial charge in [-0.15, -0.1) is 11.1 Å². The molecule has 0 atom stereocenters. The van der Waals surface area contributed by atoms with Crippen LogP contribution in [-0.2, 0) is 30.5 Å². The summed E-state index contributed by atoms with van der Waals surface area (Å²) in [4.78, 5) is 0. The summed E-state index contributed by atoms with van der Waals surface area (Å²) in [5, 5.41) is 2.99. The first-order valence-corrected chi connectivity index (χ1v) is 19.5. The van der Waals surface area contributed by atoms with Crippen molar-refractivity contribution in [2.24, 2.45) is 0 Å². The molecule has 4 aromatic rings. The van der Waals surface area contributed by atoms with E-state index in [0.29, 0.717) is 0 Å². The Kier molecular flexibility index (Phi) is 12.2. The monoisotopic (exact) mass is 580 g/mol. The molecule has 0 amide bonds. The first-order chi connectivity index (χ1) is 15.7. The van der Waals surface area contributed by atoms with Gasteiger partial charge in [0, 0.05) is 0 Å². The first kappa shape index (κ1) is 29.0. The molecule has 0 unspecified atom stereocenters. The minimum absolute atomic E-state index is 0. The maximum Gasteiger partial charge on any atom is -0.0253 e. The van der Waals surface area contributed by atoms with Crippen LogP contribution in [0.5, 0.6) is 0 Å². The standard InChI is InChI=1S/2C13H9.C4H10Ge.2ClH.Ti/c2*1-3-7-12-10(5-1)9-11-6-2-4-8-13(11)12;1-3-5-4-2;;;/h2*1-5,7-8H,9H2;3-4H2,1-2H3;2*1H;/q2*-1;;;;+2/p-2. The average Bonchev–Trinajstić information content (AvgIpc) is 3.43. The molecule has 0 bridgehead atoms. The van der Waals surface area contributed by atoms with E-state index < -0.39 is 0 Å². The summed E-state index contributed by atoms with van der Waals surface area (Å²) >= 11 is 2.44. The zero-order chi connectivity index (χ0) is 22.3. The maximum atomic E-state index is 3.30. The molecule has 34 heavy (non-hydrogen) atoms. The molecule has 4 heteroatoms. The summed E-state index contributed by atoms with van der Waals surface area (Å²) in [7, 11) is -0.380. The van der Waals surface area contributed by atoms with Crippen molar-refractivity contribution in [1.82, 2.24) is 0 Å². The predicted molar refractivity (Wildman–Crippen MR) is 134 cm³/mol. The second-order valence-electron chi connectivity index (χ2n) is 8.10. The molecule has 172 valence electrons. The van der Waals surface area contributed by atoms with Gasteiger partial charge < -0.3 is 24.8 Å². The molecular formula is C30H28Cl2GeTi-2. The molecule has 2 aliphatic rings. The van der Waals surface area contributed by atoms with E-state index in [-0.39, 0.29) is 35.8 Å². The fourth-order valence-electron chi connectivity index (χ4n) is 4.25. The molecule has 0 fully saturated rings. The molecule has 0 N–H and O–H groups in total. The van der Waals surface area contributed by atoms with E-state index in [1.165, 1.54) is 55.0 Å². The molecule has 0 heterocycles. The molecule has 2 aliphatic carbocycles. The number of halogens is 2. The van der Waals surface area contributed by atoms with Gasteiger partial charge in [-0.05, 0) is 12.8 Å². The molecule has 0 radical (unpaired) electrons. The van der Waals surface area contributed by atoms with E-state index in [1.807, 2.05) is 12.1 Å². The van der Waals surface area contributed by atoms with Crippen molar-refractivity contribution in [1.29, 1.82) is 0 Å². The van der Waals surface area contributed by atoms with Crippen LogP contribution in [0.4, 0.5) is 0 Å². The summed E-state index contributed by atoms with van der Waals surface area (Å²) in [5.41, 5.74) is 11.0. The molecule has 0 aliphatic heterocycles. The average molecular weight is 580 g/mol. The topological polar surface area (TPSA) is 0 Å². The molecule has 0 aromatic heterocycles. The van der Waals surface area contributed by atoms with E-state index in [0.717, 1.165) is 12.8 Å². The van der Waals surface area contributed by atoms with Crippen molar-refractivity contribution in [3.05, 3.63) is 119 Å². The van der Waals surface area contributed by atoms with Crippen LogP contribution in [0.2, 0.25) is 10.5 Å². The Morgan fingerprint density at radius 2 is 1.00 bits per heavy atom. The van der Waals surface area contributed by atoms with E-state index in [9.17, 15) is 0 Å². The smallest absolute Gasteiger partial charge is 0.0253 e. The third-order valence-electron chi connectivity index (χ3n) is 6.09. The van der Waals surface area contributed by atoms with Crippen LogP contribution < -0.4 is 24.8 Å². The second kappa shape index (κ2) is 14.3. The fourth-order valence-corrected chi connectivity index (χ4v) is 5.29. The van der Waals surface area contributed by atoms with Crippen LogP contribution >= 0.6 is 0 Å². The van der Waals surface area contributed by atoms with Crippen molar-refractivity contribution in [2.45, 2.75) is 37.2 Å². The van der Waals surface area contributed by atoms with Crippen LogP contribution in [0, 0.1) is 12.1 Å². The number of rotatable bonds is 2. The van der Waals surface area contributed by atoms with E-state index in [2.05, 4.69) is 116 Å². The van der Waals surface area contributed by atoms with Gasteiger partial charge in [0.25, 0.3) is 0 Å². The van der Waals surface area contributed by atoms with Crippen LogP contribution in [-0.4, -0.2) is 11.0 Å². The summed E-state index contributed by atoms with van der Waals surface area (Å²) in [6.45, 7) is 4.61. The van der Waals surface area contributed by atoms with Crippen LogP contribution in [0.25, 0.3) is 22.3 Å². The largest absolute Gasteiger partial charge is 1.00 e. The van der Waals surface area contributed by atoms with Gasteiger partial charge in [-0.2, -0.15) is 59.7 Å². The maximum absolute atomic E-state index is 3.30. The Balaban J connectivity index is 0.000000187. The van der Waals surface area contributed by atoms with E-state index >= 15 is 0 Å². The summed E-state index contributed by atoms with van der Waals surface area (Å²) in [6.07, 6.45) is 2.10. The number of fused-ring (bicyclic) bond motifs is 6. The molecule has 0 saturated carbocycles. The Hall–Kier alpha value is -1.28. The number of hydrogen-bond donors (Lipinski definition) is 0. The minimum Gasteiger partial charge on any atom is -1.00 e. The molecule has 6 rings (SSSR count). The van der Waals surface area contributed by atoms with E-state index in [1.54, 1.807) is 0 Å². The van der Waals surface area contributed by atoms with E-state index in [4.69, 9.17) is 0 Å². The van der Waals surface area contributed by atoms with Gasteiger partial charge in [0.05, 0.1) is 0 Å². The quantitative estimate of drug-likeness (QED) is 0.216. The summed E-state index contributed by atoms with van der Waals surface area (Å²) in [6, 6.07) is 36.2. The fraction of sp³-hybridized carbons (Fsp3) is 0.200. The van der Waals surface area contributed by atoms with Crippen LogP contribution in [0.3, 0.4) is 0 Å². The summed E-state index contributed by atoms with van der Waals surface area (Å²) < 4.78 is 0. The Morgan fingerprint density at radius 1 is 0.618 bits per heavy atom. The molecule has 4 aromatic carbocycles. The zero-order valence-corrected chi connectivity index (χ0v) is 24.8. The molecule has 0 spiro atoms. The van der Waals surface area contributed by atoms with Crippen LogP contribution in [0.1, 0.15) is 36.1 Å². The van der Waals surface area contributed by atoms with Crippen molar-refractivity contribution < 1.29 is 42.4 Å². The van der Waals surface area contributed by atoms with Gasteiger partial charge in [-0.1, -0.05) is 70.8 Å². The molecule has 0 saturated heterocycles. The SMILES string of the molecule is C[CH2][Ge](=[Ti+2])[CH2]C.[Cl-].[Cl-].[c-]1cccc2c1Cc1ccccc1-2.[c-]1cccc2c1Cc1ccccc1-2. The second-order valence-corrected chi connectivity index (χ2v) is 19.3. The third-order valence-corrected chi connectivity index (χ3v) is 15.4. The number of benzene rings is 4. The summed E-state index contributed by atoms with van der Waals surface area (Å²) in [5.74, 6) is 0. The van der Waals surface area contributed by atoms with Gasteiger partial charge in [-0.25, -0.2) is 0 Å². The minimum atomic E-state index is -0.380. The van der Waals surface area contributed by atoms with Gasteiger partial charge in [0.2, 0.25) is 0 Å².